The van der Waals surface area contributed by atoms with E-state index in [-0.39, 0.29) is 0 Å². The zero-order valence-corrected chi connectivity index (χ0v) is 11.8. The predicted molar refractivity (Wildman–Crippen MR) is 78.5 cm³/mol. The number of ether oxygens (including phenoxy) is 1. The summed E-state index contributed by atoms with van der Waals surface area (Å²) in [7, 11) is 1.57. The Morgan fingerprint density at radius 3 is 2.50 bits per heavy atom. The summed E-state index contributed by atoms with van der Waals surface area (Å²) in [5.41, 5.74) is 1.47. The zero-order chi connectivity index (χ0) is 14.5. The molecule has 0 fully saturated rings. The van der Waals surface area contributed by atoms with Gasteiger partial charge in [-0.1, -0.05) is 48.0 Å². The summed E-state index contributed by atoms with van der Waals surface area (Å²) in [5, 5.41) is 9.94. The normalized spacial score (nSPS) is 11.9. The SMILES string of the molecule is COc1ccccc1CC(C(=O)O)c1ccccc1Cl. The highest BCUT2D eigenvalue weighted by Gasteiger charge is 2.23. The summed E-state index contributed by atoms with van der Waals surface area (Å²) in [5.74, 6) is -0.908. The van der Waals surface area contributed by atoms with Gasteiger partial charge < -0.3 is 9.84 Å². The highest BCUT2D eigenvalue weighted by Crippen LogP contribution is 2.30. The van der Waals surface area contributed by atoms with Crippen molar-refractivity contribution in [3.8, 4) is 5.75 Å². The van der Waals surface area contributed by atoms with Crippen molar-refractivity contribution in [1.82, 2.24) is 0 Å². The first-order chi connectivity index (χ1) is 9.63. The van der Waals surface area contributed by atoms with E-state index in [9.17, 15) is 9.90 Å². The first-order valence-electron chi connectivity index (χ1n) is 6.22. The fourth-order valence-corrected chi connectivity index (χ4v) is 2.45. The number of aliphatic carboxylic acids is 1. The molecule has 3 nitrogen and oxygen atoms in total. The molecule has 0 saturated heterocycles. The van der Waals surface area contributed by atoms with E-state index in [0.29, 0.717) is 22.8 Å². The van der Waals surface area contributed by atoms with E-state index in [1.165, 1.54) is 0 Å². The third-order valence-electron chi connectivity index (χ3n) is 3.20. The van der Waals surface area contributed by atoms with Crippen molar-refractivity contribution in [2.75, 3.05) is 7.11 Å². The maximum Gasteiger partial charge on any atom is 0.311 e. The summed E-state index contributed by atoms with van der Waals surface area (Å²) in [6, 6.07) is 14.4. The minimum atomic E-state index is -0.899. The number of halogens is 1. The molecule has 2 aromatic carbocycles. The molecule has 0 aliphatic rings. The monoisotopic (exact) mass is 290 g/mol. The number of hydrogen-bond donors (Lipinski definition) is 1. The lowest BCUT2D eigenvalue weighted by atomic mass is 9.91. The number of benzene rings is 2. The Labute approximate surface area is 122 Å². The first-order valence-corrected chi connectivity index (χ1v) is 6.60. The topological polar surface area (TPSA) is 46.5 Å². The van der Waals surface area contributed by atoms with Crippen LogP contribution in [-0.4, -0.2) is 18.2 Å². The highest BCUT2D eigenvalue weighted by molar-refractivity contribution is 6.31. The molecule has 0 heterocycles. The molecule has 0 bridgehead atoms. The van der Waals surface area contributed by atoms with Crippen LogP contribution in [0.4, 0.5) is 0 Å². The van der Waals surface area contributed by atoms with Crippen LogP contribution in [0, 0.1) is 0 Å². The lowest BCUT2D eigenvalue weighted by molar-refractivity contribution is -0.138. The third-order valence-corrected chi connectivity index (χ3v) is 3.54. The van der Waals surface area contributed by atoms with Crippen LogP contribution in [0.15, 0.2) is 48.5 Å². The number of para-hydroxylation sites is 1. The summed E-state index contributed by atoms with van der Waals surface area (Å²) in [6.07, 6.45) is 0.336. The van der Waals surface area contributed by atoms with Crippen LogP contribution in [0.25, 0.3) is 0 Å². The van der Waals surface area contributed by atoms with Gasteiger partial charge in [-0.3, -0.25) is 4.79 Å². The van der Waals surface area contributed by atoms with Crippen LogP contribution in [0.3, 0.4) is 0 Å². The second kappa shape index (κ2) is 6.44. The van der Waals surface area contributed by atoms with E-state index >= 15 is 0 Å². The van der Waals surface area contributed by atoms with Gasteiger partial charge in [0.15, 0.2) is 0 Å². The molecule has 0 aliphatic heterocycles. The zero-order valence-electron chi connectivity index (χ0n) is 11.0. The van der Waals surface area contributed by atoms with Crippen LogP contribution in [-0.2, 0) is 11.2 Å². The summed E-state index contributed by atoms with van der Waals surface area (Å²) in [6.45, 7) is 0. The maximum absolute atomic E-state index is 11.6. The molecule has 2 aromatic rings. The van der Waals surface area contributed by atoms with Gasteiger partial charge in [0.2, 0.25) is 0 Å². The van der Waals surface area contributed by atoms with E-state index in [2.05, 4.69) is 0 Å². The van der Waals surface area contributed by atoms with Crippen molar-refractivity contribution in [3.63, 3.8) is 0 Å². The maximum atomic E-state index is 11.6. The van der Waals surface area contributed by atoms with Crippen LogP contribution >= 0.6 is 11.6 Å². The molecule has 0 spiro atoms. The number of carbonyl (C=O) groups is 1. The minimum Gasteiger partial charge on any atom is -0.496 e. The molecule has 0 aromatic heterocycles. The van der Waals surface area contributed by atoms with Crippen molar-refractivity contribution >= 4 is 17.6 Å². The van der Waals surface area contributed by atoms with E-state index < -0.39 is 11.9 Å². The molecular formula is C16H15ClO3. The lowest BCUT2D eigenvalue weighted by Crippen LogP contribution is -2.15. The van der Waals surface area contributed by atoms with Crippen LogP contribution in [0.2, 0.25) is 5.02 Å². The van der Waals surface area contributed by atoms with E-state index in [0.717, 1.165) is 5.56 Å². The molecule has 0 aliphatic carbocycles. The Morgan fingerprint density at radius 2 is 1.85 bits per heavy atom. The summed E-state index contributed by atoms with van der Waals surface area (Å²) in [4.78, 5) is 11.6. The molecule has 4 heteroatoms. The van der Waals surface area contributed by atoms with Crippen molar-refractivity contribution < 1.29 is 14.6 Å². The average molecular weight is 291 g/mol. The Bertz CT molecular complexity index is 610. The molecule has 104 valence electrons. The minimum absolute atomic E-state index is 0.336. The van der Waals surface area contributed by atoms with Gasteiger partial charge >= 0.3 is 5.97 Å². The smallest absolute Gasteiger partial charge is 0.311 e. The third kappa shape index (κ3) is 3.11. The van der Waals surface area contributed by atoms with Crippen molar-refractivity contribution in [3.05, 3.63) is 64.7 Å². The molecule has 2 rings (SSSR count). The molecule has 1 unspecified atom stereocenters. The first kappa shape index (κ1) is 14.4. The number of hydrogen-bond acceptors (Lipinski definition) is 2. The van der Waals surface area contributed by atoms with E-state index in [1.54, 1.807) is 31.4 Å². The molecular weight excluding hydrogens is 276 g/mol. The van der Waals surface area contributed by atoms with Gasteiger partial charge in [-0.25, -0.2) is 0 Å². The molecule has 20 heavy (non-hydrogen) atoms. The Morgan fingerprint density at radius 1 is 1.20 bits per heavy atom. The molecule has 0 saturated carbocycles. The fourth-order valence-electron chi connectivity index (χ4n) is 2.18. The largest absolute Gasteiger partial charge is 0.496 e. The van der Waals surface area contributed by atoms with Crippen LogP contribution in [0.5, 0.6) is 5.75 Å². The molecule has 0 amide bonds. The Kier molecular flexibility index (Phi) is 4.64. The Balaban J connectivity index is 2.36. The second-order valence-corrected chi connectivity index (χ2v) is 4.84. The van der Waals surface area contributed by atoms with Gasteiger partial charge in [0.25, 0.3) is 0 Å². The standard InChI is InChI=1S/C16H15ClO3/c1-20-15-9-5-2-6-11(15)10-13(16(18)19)12-7-3-4-8-14(12)17/h2-9,13H,10H2,1H3,(H,18,19). The second-order valence-electron chi connectivity index (χ2n) is 4.43. The number of rotatable bonds is 5. The molecule has 1 atom stereocenters. The molecule has 0 radical (unpaired) electrons. The predicted octanol–water partition coefficient (Wildman–Crippen LogP) is 3.76. The quantitative estimate of drug-likeness (QED) is 0.912. The van der Waals surface area contributed by atoms with E-state index in [1.807, 2.05) is 24.3 Å². The van der Waals surface area contributed by atoms with Gasteiger partial charge in [-0.05, 0) is 29.7 Å². The Hall–Kier alpha value is -2.00. The van der Waals surface area contributed by atoms with Gasteiger partial charge in [0.05, 0.1) is 13.0 Å². The molecule has 1 N–H and O–H groups in total. The number of carboxylic acid groups (broad SMARTS) is 1. The lowest BCUT2D eigenvalue weighted by Gasteiger charge is -2.16. The highest BCUT2D eigenvalue weighted by atomic mass is 35.5. The van der Waals surface area contributed by atoms with Crippen LogP contribution in [0.1, 0.15) is 17.0 Å². The summed E-state index contributed by atoms with van der Waals surface area (Å²) < 4.78 is 5.27. The van der Waals surface area contributed by atoms with Crippen molar-refractivity contribution in [2.45, 2.75) is 12.3 Å². The van der Waals surface area contributed by atoms with Gasteiger partial charge in [0, 0.05) is 5.02 Å². The summed E-state index contributed by atoms with van der Waals surface area (Å²) >= 11 is 6.11. The average Bonchev–Trinajstić information content (AvgIpc) is 2.46. The fraction of sp³-hybridized carbons (Fsp3) is 0.188. The van der Waals surface area contributed by atoms with E-state index in [4.69, 9.17) is 16.3 Å². The van der Waals surface area contributed by atoms with Gasteiger partial charge in [-0.15, -0.1) is 0 Å². The number of methoxy groups -OCH3 is 1. The van der Waals surface area contributed by atoms with Crippen molar-refractivity contribution in [1.29, 1.82) is 0 Å². The van der Waals surface area contributed by atoms with Gasteiger partial charge in [0.1, 0.15) is 5.75 Å². The number of carboxylic acids is 1. The van der Waals surface area contributed by atoms with Crippen LogP contribution < -0.4 is 4.74 Å². The van der Waals surface area contributed by atoms with Crippen molar-refractivity contribution in [2.24, 2.45) is 0 Å². The van der Waals surface area contributed by atoms with Gasteiger partial charge in [-0.2, -0.15) is 0 Å².